The van der Waals surface area contributed by atoms with Crippen LogP contribution in [0, 0.1) is 0 Å². The summed E-state index contributed by atoms with van der Waals surface area (Å²) in [6, 6.07) is 30.7. The van der Waals surface area contributed by atoms with Crippen LogP contribution in [0.25, 0.3) is 48.3 Å². The van der Waals surface area contributed by atoms with Gasteiger partial charge in [0.1, 0.15) is 10.8 Å². The number of aromatic nitrogens is 2. The van der Waals surface area contributed by atoms with Crippen LogP contribution < -0.4 is 0 Å². The lowest BCUT2D eigenvalue weighted by atomic mass is 10.1. The van der Waals surface area contributed by atoms with Crippen LogP contribution in [-0.4, -0.2) is 14.7 Å². The highest BCUT2D eigenvalue weighted by Gasteiger charge is 2.15. The number of para-hydroxylation sites is 3. The number of rotatable bonds is 2. The fourth-order valence-corrected chi connectivity index (χ4v) is 5.01. The molecule has 3 nitrogen and oxygen atoms in total. The first kappa shape index (κ1) is 16.3. The van der Waals surface area contributed by atoms with Gasteiger partial charge < -0.3 is 9.67 Å². The molecule has 0 amide bonds. The normalized spacial score (nSPS) is 11.6. The molecule has 6 aromatic rings. The molecule has 6 rings (SSSR count). The van der Waals surface area contributed by atoms with E-state index in [0.29, 0.717) is 0 Å². The molecule has 2 aromatic heterocycles. The summed E-state index contributed by atoms with van der Waals surface area (Å²) in [5.74, 6) is 0.244. The monoisotopic (exact) mass is 392 g/mol. The van der Waals surface area contributed by atoms with Gasteiger partial charge in [-0.15, -0.1) is 11.3 Å². The molecule has 0 saturated carbocycles. The highest BCUT2D eigenvalue weighted by Crippen LogP contribution is 2.38. The maximum atomic E-state index is 10.6. The van der Waals surface area contributed by atoms with Gasteiger partial charge in [0.2, 0.25) is 0 Å². The smallest absolute Gasteiger partial charge is 0.128 e. The molecule has 0 aliphatic heterocycles. The van der Waals surface area contributed by atoms with E-state index in [9.17, 15) is 5.11 Å². The summed E-state index contributed by atoms with van der Waals surface area (Å²) in [4.78, 5) is 4.74. The summed E-state index contributed by atoms with van der Waals surface area (Å²) in [5, 5.41) is 13.9. The van der Waals surface area contributed by atoms with Crippen molar-refractivity contribution in [3.63, 3.8) is 0 Å². The van der Waals surface area contributed by atoms with Gasteiger partial charge in [0.05, 0.1) is 26.8 Å². The molecular weight excluding hydrogens is 376 g/mol. The van der Waals surface area contributed by atoms with Crippen molar-refractivity contribution in [2.45, 2.75) is 0 Å². The zero-order chi connectivity index (χ0) is 19.4. The lowest BCUT2D eigenvalue weighted by Crippen LogP contribution is -1.94. The van der Waals surface area contributed by atoms with Crippen LogP contribution in [0.4, 0.5) is 0 Å². The van der Waals surface area contributed by atoms with E-state index in [1.54, 1.807) is 17.4 Å². The van der Waals surface area contributed by atoms with Gasteiger partial charge in [-0.2, -0.15) is 0 Å². The van der Waals surface area contributed by atoms with Crippen molar-refractivity contribution in [3.8, 4) is 22.0 Å². The second-order valence-corrected chi connectivity index (χ2v) is 8.09. The Bertz CT molecular complexity index is 1440. The topological polar surface area (TPSA) is 38.0 Å². The zero-order valence-electron chi connectivity index (χ0n) is 15.4. The van der Waals surface area contributed by atoms with E-state index in [4.69, 9.17) is 4.98 Å². The van der Waals surface area contributed by atoms with Gasteiger partial charge in [0, 0.05) is 16.5 Å². The first-order chi connectivity index (χ1) is 14.3. The molecule has 0 radical (unpaired) electrons. The van der Waals surface area contributed by atoms with Crippen LogP contribution in [0.5, 0.6) is 5.75 Å². The minimum absolute atomic E-state index is 0.244. The quantitative estimate of drug-likeness (QED) is 0.353. The Morgan fingerprint density at radius 3 is 2.10 bits per heavy atom. The van der Waals surface area contributed by atoms with Crippen LogP contribution in [0.2, 0.25) is 0 Å². The molecule has 0 unspecified atom stereocenters. The van der Waals surface area contributed by atoms with E-state index in [-0.39, 0.29) is 5.75 Å². The summed E-state index contributed by atoms with van der Waals surface area (Å²) in [6.07, 6.45) is 0. The maximum Gasteiger partial charge on any atom is 0.128 e. The zero-order valence-corrected chi connectivity index (χ0v) is 16.2. The van der Waals surface area contributed by atoms with Gasteiger partial charge in [-0.3, -0.25) is 0 Å². The molecule has 2 heterocycles. The number of hydrogen-bond acceptors (Lipinski definition) is 3. The van der Waals surface area contributed by atoms with Crippen molar-refractivity contribution in [3.05, 3.63) is 91.0 Å². The molecule has 0 spiro atoms. The molecular formula is C25H16N2OS. The fourth-order valence-electron chi connectivity index (χ4n) is 4.02. The Balaban J connectivity index is 1.63. The SMILES string of the molecule is Oc1ccc(-n2c3ccccc3c3ccccc32)cc1-c1nc2ccccc2s1. The maximum absolute atomic E-state index is 10.6. The largest absolute Gasteiger partial charge is 0.507 e. The van der Waals surface area contributed by atoms with Gasteiger partial charge >= 0.3 is 0 Å². The van der Waals surface area contributed by atoms with E-state index >= 15 is 0 Å². The van der Waals surface area contributed by atoms with Crippen LogP contribution in [0.15, 0.2) is 91.0 Å². The van der Waals surface area contributed by atoms with Gasteiger partial charge in [-0.25, -0.2) is 4.98 Å². The average Bonchev–Trinajstić information content (AvgIpc) is 3.33. The highest BCUT2D eigenvalue weighted by atomic mass is 32.1. The molecule has 0 bridgehead atoms. The van der Waals surface area contributed by atoms with Crippen LogP contribution in [0.3, 0.4) is 0 Å². The van der Waals surface area contributed by atoms with Gasteiger partial charge in [-0.1, -0.05) is 48.5 Å². The standard InChI is InChI=1S/C25H16N2OS/c28-23-14-13-16(15-19(23)25-26-20-9-3-6-12-24(20)29-25)27-21-10-4-1-7-17(21)18-8-2-5-11-22(18)27/h1-15,28H. The summed E-state index contributed by atoms with van der Waals surface area (Å²) >= 11 is 1.60. The Hall–Kier alpha value is -3.63. The Morgan fingerprint density at radius 1 is 0.724 bits per heavy atom. The second kappa shape index (κ2) is 6.19. The summed E-state index contributed by atoms with van der Waals surface area (Å²) in [7, 11) is 0. The van der Waals surface area contributed by atoms with Gasteiger partial charge in [0.15, 0.2) is 0 Å². The van der Waals surface area contributed by atoms with Gasteiger partial charge in [0.25, 0.3) is 0 Å². The fraction of sp³-hybridized carbons (Fsp3) is 0. The van der Waals surface area contributed by atoms with Crippen molar-refractivity contribution >= 4 is 43.4 Å². The van der Waals surface area contributed by atoms with Crippen molar-refractivity contribution in [2.75, 3.05) is 0 Å². The second-order valence-electron chi connectivity index (χ2n) is 7.06. The van der Waals surface area contributed by atoms with Gasteiger partial charge in [-0.05, 0) is 42.5 Å². The van der Waals surface area contributed by atoms with Crippen molar-refractivity contribution in [1.82, 2.24) is 9.55 Å². The number of phenolic OH excluding ortho intramolecular Hbond substituents is 1. The number of nitrogens with zero attached hydrogens (tertiary/aromatic N) is 2. The lowest BCUT2D eigenvalue weighted by Gasteiger charge is -2.10. The molecule has 0 aliphatic carbocycles. The molecule has 0 aliphatic rings. The summed E-state index contributed by atoms with van der Waals surface area (Å²) in [5.41, 5.74) is 5.01. The first-order valence-corrected chi connectivity index (χ1v) is 10.3. The Labute approximate surface area is 171 Å². The van der Waals surface area contributed by atoms with Crippen LogP contribution >= 0.6 is 11.3 Å². The molecule has 0 fully saturated rings. The van der Waals surface area contributed by atoms with E-state index in [1.807, 2.05) is 30.3 Å². The number of hydrogen-bond donors (Lipinski definition) is 1. The minimum Gasteiger partial charge on any atom is -0.507 e. The van der Waals surface area contributed by atoms with Crippen molar-refractivity contribution in [1.29, 1.82) is 0 Å². The predicted octanol–water partition coefficient (Wildman–Crippen LogP) is 6.77. The van der Waals surface area contributed by atoms with E-state index < -0.39 is 0 Å². The third-order valence-electron chi connectivity index (χ3n) is 5.34. The molecule has 29 heavy (non-hydrogen) atoms. The highest BCUT2D eigenvalue weighted by molar-refractivity contribution is 7.21. The minimum atomic E-state index is 0.244. The number of fused-ring (bicyclic) bond motifs is 4. The predicted molar refractivity (Wildman–Crippen MR) is 121 cm³/mol. The number of phenols is 1. The molecule has 4 aromatic carbocycles. The van der Waals surface area contributed by atoms with E-state index in [1.165, 1.54) is 10.8 Å². The third kappa shape index (κ3) is 2.46. The van der Waals surface area contributed by atoms with Crippen LogP contribution in [0.1, 0.15) is 0 Å². The summed E-state index contributed by atoms with van der Waals surface area (Å²) < 4.78 is 3.37. The number of thiazole rings is 1. The average molecular weight is 392 g/mol. The Morgan fingerprint density at radius 2 is 1.38 bits per heavy atom. The van der Waals surface area contributed by atoms with Crippen LogP contribution in [-0.2, 0) is 0 Å². The molecule has 4 heteroatoms. The number of aromatic hydroxyl groups is 1. The van der Waals surface area contributed by atoms with Crippen molar-refractivity contribution < 1.29 is 5.11 Å². The molecule has 0 saturated heterocycles. The molecule has 0 atom stereocenters. The Kier molecular flexibility index (Phi) is 3.49. The first-order valence-electron chi connectivity index (χ1n) is 9.47. The number of benzene rings is 4. The van der Waals surface area contributed by atoms with Crippen molar-refractivity contribution in [2.24, 2.45) is 0 Å². The van der Waals surface area contributed by atoms with E-state index in [2.05, 4.69) is 59.2 Å². The van der Waals surface area contributed by atoms with E-state index in [0.717, 1.165) is 37.5 Å². The summed E-state index contributed by atoms with van der Waals surface area (Å²) in [6.45, 7) is 0. The molecule has 138 valence electrons. The third-order valence-corrected chi connectivity index (χ3v) is 6.41. The lowest BCUT2D eigenvalue weighted by molar-refractivity contribution is 0.477. The molecule has 1 N–H and O–H groups in total.